The predicted molar refractivity (Wildman–Crippen MR) is 67.9 cm³/mol. The van der Waals surface area contributed by atoms with Crippen LogP contribution >= 0.6 is 0 Å². The smallest absolute Gasteiger partial charge is 0.0916 e. The Morgan fingerprint density at radius 3 is 2.82 bits per heavy atom. The Kier molecular flexibility index (Phi) is 4.54. The van der Waals surface area contributed by atoms with Crippen LogP contribution in [0.3, 0.4) is 0 Å². The van der Waals surface area contributed by atoms with Crippen LogP contribution in [0.15, 0.2) is 30.3 Å². The van der Waals surface area contributed by atoms with Gasteiger partial charge in [0.25, 0.3) is 0 Å². The summed E-state index contributed by atoms with van der Waals surface area (Å²) in [5.41, 5.74) is 0.978. The fourth-order valence-corrected chi connectivity index (χ4v) is 2.29. The lowest BCUT2D eigenvalue weighted by molar-refractivity contribution is 0.0602. The lowest BCUT2D eigenvalue weighted by atomic mass is 10.1. The maximum Gasteiger partial charge on any atom is 0.0916 e. The van der Waals surface area contributed by atoms with E-state index in [0.29, 0.717) is 12.6 Å². The van der Waals surface area contributed by atoms with Crippen LogP contribution in [-0.2, 0) is 4.74 Å². The Bertz CT molecular complexity index is 322. The molecule has 1 aliphatic heterocycles. The summed E-state index contributed by atoms with van der Waals surface area (Å²) in [6, 6.07) is 9.80. The van der Waals surface area contributed by atoms with Gasteiger partial charge < -0.3 is 14.7 Å². The maximum atomic E-state index is 10.1. The molecule has 1 saturated heterocycles. The first-order valence-corrected chi connectivity index (χ1v) is 6.29. The quantitative estimate of drug-likeness (QED) is 0.845. The van der Waals surface area contributed by atoms with Crippen LogP contribution < -0.4 is 0 Å². The number of hydrogen-bond acceptors (Lipinski definition) is 3. The zero-order valence-corrected chi connectivity index (χ0v) is 10.4. The molecule has 0 radical (unpaired) electrons. The molecule has 17 heavy (non-hydrogen) atoms. The first-order valence-electron chi connectivity index (χ1n) is 6.29. The van der Waals surface area contributed by atoms with E-state index in [4.69, 9.17) is 4.74 Å². The van der Waals surface area contributed by atoms with Crippen molar-refractivity contribution in [2.45, 2.75) is 25.0 Å². The van der Waals surface area contributed by atoms with Crippen molar-refractivity contribution in [1.29, 1.82) is 0 Å². The van der Waals surface area contributed by atoms with Crippen molar-refractivity contribution in [3.63, 3.8) is 0 Å². The molecule has 0 aliphatic carbocycles. The molecular formula is C14H21NO2. The van der Waals surface area contributed by atoms with Gasteiger partial charge in [0.1, 0.15) is 0 Å². The minimum Gasteiger partial charge on any atom is -0.387 e. The van der Waals surface area contributed by atoms with Gasteiger partial charge in [0.2, 0.25) is 0 Å². The molecule has 2 rings (SSSR count). The number of rotatable bonds is 5. The van der Waals surface area contributed by atoms with E-state index in [-0.39, 0.29) is 0 Å². The van der Waals surface area contributed by atoms with E-state index in [0.717, 1.165) is 25.1 Å². The van der Waals surface area contributed by atoms with Crippen molar-refractivity contribution >= 4 is 0 Å². The van der Waals surface area contributed by atoms with E-state index in [1.807, 2.05) is 37.4 Å². The fraction of sp³-hybridized carbons (Fsp3) is 0.571. The summed E-state index contributed by atoms with van der Waals surface area (Å²) < 4.78 is 5.59. The summed E-state index contributed by atoms with van der Waals surface area (Å²) in [4.78, 5) is 2.15. The summed E-state index contributed by atoms with van der Waals surface area (Å²) in [5, 5.41) is 10.1. The van der Waals surface area contributed by atoms with E-state index in [1.54, 1.807) is 0 Å². The van der Waals surface area contributed by atoms with Gasteiger partial charge in [-0.3, -0.25) is 0 Å². The second-order valence-corrected chi connectivity index (χ2v) is 4.78. The van der Waals surface area contributed by atoms with Crippen molar-refractivity contribution in [1.82, 2.24) is 4.90 Å². The molecule has 1 aromatic rings. The molecule has 1 aromatic carbocycles. The number of aliphatic hydroxyl groups excluding tert-OH is 1. The van der Waals surface area contributed by atoms with Crippen molar-refractivity contribution in [2.75, 3.05) is 26.7 Å². The van der Waals surface area contributed by atoms with Crippen LogP contribution in [0.25, 0.3) is 0 Å². The van der Waals surface area contributed by atoms with Gasteiger partial charge in [0.15, 0.2) is 0 Å². The topological polar surface area (TPSA) is 32.7 Å². The molecule has 2 atom stereocenters. The maximum absolute atomic E-state index is 10.1. The summed E-state index contributed by atoms with van der Waals surface area (Å²) in [7, 11) is 2.04. The monoisotopic (exact) mass is 235 g/mol. The highest BCUT2D eigenvalue weighted by atomic mass is 16.5. The summed E-state index contributed by atoms with van der Waals surface area (Å²) in [6.45, 7) is 2.45. The van der Waals surface area contributed by atoms with Crippen LogP contribution in [0.4, 0.5) is 0 Å². The SMILES string of the molecule is CN(CC1CCCO1)CC(O)c1ccccc1. The number of ether oxygens (including phenoxy) is 1. The van der Waals surface area contributed by atoms with Crippen LogP contribution in [0.1, 0.15) is 24.5 Å². The number of aliphatic hydroxyl groups is 1. The van der Waals surface area contributed by atoms with Gasteiger partial charge >= 0.3 is 0 Å². The van der Waals surface area contributed by atoms with E-state index in [1.165, 1.54) is 6.42 Å². The number of hydrogen-bond donors (Lipinski definition) is 1. The van der Waals surface area contributed by atoms with Crippen LogP contribution in [0.5, 0.6) is 0 Å². The zero-order valence-electron chi connectivity index (χ0n) is 10.4. The zero-order chi connectivity index (χ0) is 12.1. The first kappa shape index (κ1) is 12.6. The lowest BCUT2D eigenvalue weighted by Gasteiger charge is -2.23. The third-order valence-electron chi connectivity index (χ3n) is 3.21. The average Bonchev–Trinajstić information content (AvgIpc) is 2.82. The highest BCUT2D eigenvalue weighted by Crippen LogP contribution is 2.16. The van der Waals surface area contributed by atoms with E-state index < -0.39 is 6.10 Å². The molecule has 0 amide bonds. The Labute approximate surface area is 103 Å². The number of benzene rings is 1. The van der Waals surface area contributed by atoms with Gasteiger partial charge in [-0.15, -0.1) is 0 Å². The van der Waals surface area contributed by atoms with Crippen molar-refractivity contribution in [3.8, 4) is 0 Å². The molecule has 2 unspecified atom stereocenters. The minimum atomic E-state index is -0.414. The molecular weight excluding hydrogens is 214 g/mol. The number of nitrogens with zero attached hydrogens (tertiary/aromatic N) is 1. The predicted octanol–water partition coefficient (Wildman–Crippen LogP) is 1.83. The highest BCUT2D eigenvalue weighted by Gasteiger charge is 2.19. The van der Waals surface area contributed by atoms with Crippen molar-refractivity contribution < 1.29 is 9.84 Å². The second-order valence-electron chi connectivity index (χ2n) is 4.78. The molecule has 94 valence electrons. The summed E-state index contributed by atoms with van der Waals surface area (Å²) in [6.07, 6.45) is 2.25. The molecule has 1 fully saturated rings. The third-order valence-corrected chi connectivity index (χ3v) is 3.21. The molecule has 1 heterocycles. The van der Waals surface area contributed by atoms with Crippen LogP contribution in [0.2, 0.25) is 0 Å². The van der Waals surface area contributed by atoms with Gasteiger partial charge in [-0.1, -0.05) is 30.3 Å². The molecule has 0 spiro atoms. The van der Waals surface area contributed by atoms with Crippen molar-refractivity contribution in [2.24, 2.45) is 0 Å². The molecule has 3 heteroatoms. The highest BCUT2D eigenvalue weighted by molar-refractivity contribution is 5.17. The number of likely N-dealkylation sites (N-methyl/N-ethyl adjacent to an activating group) is 1. The summed E-state index contributed by atoms with van der Waals surface area (Å²) >= 11 is 0. The fourth-order valence-electron chi connectivity index (χ4n) is 2.29. The standard InChI is InChI=1S/C14H21NO2/c1-15(10-13-8-5-9-17-13)11-14(16)12-6-3-2-4-7-12/h2-4,6-7,13-14,16H,5,8-11H2,1H3. The molecule has 0 aromatic heterocycles. The Morgan fingerprint density at radius 2 is 2.18 bits per heavy atom. The second kappa shape index (κ2) is 6.15. The lowest BCUT2D eigenvalue weighted by Crippen LogP contribution is -2.32. The van der Waals surface area contributed by atoms with Crippen LogP contribution in [-0.4, -0.2) is 42.9 Å². The Balaban J connectivity index is 1.79. The van der Waals surface area contributed by atoms with E-state index >= 15 is 0 Å². The largest absolute Gasteiger partial charge is 0.387 e. The van der Waals surface area contributed by atoms with Gasteiger partial charge in [0, 0.05) is 19.7 Å². The minimum absolute atomic E-state index is 0.350. The van der Waals surface area contributed by atoms with E-state index in [9.17, 15) is 5.11 Å². The first-order chi connectivity index (χ1) is 8.25. The van der Waals surface area contributed by atoms with E-state index in [2.05, 4.69) is 4.90 Å². The normalized spacial score (nSPS) is 21.9. The Hall–Kier alpha value is -0.900. The molecule has 0 saturated carbocycles. The van der Waals surface area contributed by atoms with Gasteiger partial charge in [-0.25, -0.2) is 0 Å². The molecule has 1 N–H and O–H groups in total. The van der Waals surface area contributed by atoms with Crippen LogP contribution in [0, 0.1) is 0 Å². The van der Waals surface area contributed by atoms with Gasteiger partial charge in [-0.2, -0.15) is 0 Å². The average molecular weight is 235 g/mol. The van der Waals surface area contributed by atoms with Gasteiger partial charge in [-0.05, 0) is 25.5 Å². The van der Waals surface area contributed by atoms with Crippen molar-refractivity contribution in [3.05, 3.63) is 35.9 Å². The summed E-state index contributed by atoms with van der Waals surface area (Å²) in [5.74, 6) is 0. The third kappa shape index (κ3) is 3.80. The Morgan fingerprint density at radius 1 is 1.41 bits per heavy atom. The molecule has 1 aliphatic rings. The molecule has 0 bridgehead atoms. The van der Waals surface area contributed by atoms with Gasteiger partial charge in [0.05, 0.1) is 12.2 Å². The molecule has 3 nitrogen and oxygen atoms in total.